The first-order valence-electron chi connectivity index (χ1n) is 8.39. The standard InChI is InChI=1S/C19H20N4O2S2/c1-12-10-13(2)21-18(20-12)26-9-8-17(24)23-19-22-15(11-27-19)14-6-4-5-7-16(14)25-3/h4-7,10-11H,8-9H2,1-3H3,(H,22,23,24). The zero-order valence-corrected chi connectivity index (χ0v) is 17.0. The fourth-order valence-electron chi connectivity index (χ4n) is 2.49. The van der Waals surface area contributed by atoms with Crippen molar-refractivity contribution < 1.29 is 9.53 Å². The molecule has 0 unspecified atom stereocenters. The van der Waals surface area contributed by atoms with Crippen LogP contribution < -0.4 is 10.1 Å². The van der Waals surface area contributed by atoms with Crippen LogP contribution >= 0.6 is 23.1 Å². The summed E-state index contributed by atoms with van der Waals surface area (Å²) in [6.45, 7) is 3.88. The van der Waals surface area contributed by atoms with Crippen LogP contribution in [0.25, 0.3) is 11.3 Å². The molecule has 8 heteroatoms. The topological polar surface area (TPSA) is 77.0 Å². The van der Waals surface area contributed by atoms with Gasteiger partial charge in [-0.15, -0.1) is 11.3 Å². The van der Waals surface area contributed by atoms with Crippen molar-refractivity contribution in [2.45, 2.75) is 25.4 Å². The molecule has 0 saturated carbocycles. The molecule has 3 aromatic rings. The first-order valence-corrected chi connectivity index (χ1v) is 10.3. The maximum absolute atomic E-state index is 12.2. The second kappa shape index (κ2) is 8.96. The van der Waals surface area contributed by atoms with E-state index in [4.69, 9.17) is 4.74 Å². The fraction of sp³-hybridized carbons (Fsp3) is 0.263. The van der Waals surface area contributed by atoms with Gasteiger partial charge < -0.3 is 10.1 Å². The molecule has 1 N–H and O–H groups in total. The van der Waals surface area contributed by atoms with Crippen LogP contribution in [-0.2, 0) is 4.79 Å². The van der Waals surface area contributed by atoms with Crippen molar-refractivity contribution in [2.24, 2.45) is 0 Å². The van der Waals surface area contributed by atoms with Gasteiger partial charge in [-0.1, -0.05) is 23.9 Å². The van der Waals surface area contributed by atoms with Crippen molar-refractivity contribution in [3.05, 3.63) is 47.1 Å². The zero-order valence-electron chi connectivity index (χ0n) is 15.4. The summed E-state index contributed by atoms with van der Waals surface area (Å²) >= 11 is 2.87. The second-order valence-electron chi connectivity index (χ2n) is 5.82. The molecule has 2 aromatic heterocycles. The number of benzene rings is 1. The third kappa shape index (κ3) is 5.27. The van der Waals surface area contributed by atoms with Crippen molar-refractivity contribution in [1.82, 2.24) is 15.0 Å². The lowest BCUT2D eigenvalue weighted by Crippen LogP contribution is -2.12. The van der Waals surface area contributed by atoms with Crippen molar-refractivity contribution in [3.63, 3.8) is 0 Å². The van der Waals surface area contributed by atoms with E-state index in [1.165, 1.54) is 23.1 Å². The molecule has 1 amide bonds. The van der Waals surface area contributed by atoms with Crippen molar-refractivity contribution in [1.29, 1.82) is 0 Å². The highest BCUT2D eigenvalue weighted by Crippen LogP contribution is 2.31. The summed E-state index contributed by atoms with van der Waals surface area (Å²) in [6.07, 6.45) is 0.366. The highest BCUT2D eigenvalue weighted by atomic mass is 32.2. The Morgan fingerprint density at radius 3 is 2.67 bits per heavy atom. The van der Waals surface area contributed by atoms with Gasteiger partial charge in [0.25, 0.3) is 0 Å². The molecule has 0 fully saturated rings. The molecule has 0 spiro atoms. The quantitative estimate of drug-likeness (QED) is 0.469. The van der Waals surface area contributed by atoms with Gasteiger partial charge in [0.05, 0.1) is 12.8 Å². The van der Waals surface area contributed by atoms with Gasteiger partial charge in [0, 0.05) is 34.5 Å². The summed E-state index contributed by atoms with van der Waals surface area (Å²) in [5.74, 6) is 1.29. The number of nitrogens with one attached hydrogen (secondary N) is 1. The number of para-hydroxylation sites is 1. The minimum atomic E-state index is -0.0761. The Morgan fingerprint density at radius 1 is 1.19 bits per heavy atom. The van der Waals surface area contributed by atoms with E-state index in [1.807, 2.05) is 49.6 Å². The Bertz CT molecular complexity index is 923. The van der Waals surface area contributed by atoms with E-state index in [2.05, 4.69) is 20.3 Å². The van der Waals surface area contributed by atoms with Crippen molar-refractivity contribution in [2.75, 3.05) is 18.2 Å². The van der Waals surface area contributed by atoms with E-state index >= 15 is 0 Å². The molecular formula is C19H20N4O2S2. The lowest BCUT2D eigenvalue weighted by molar-refractivity contribution is -0.115. The molecule has 2 heterocycles. The average molecular weight is 401 g/mol. The fourth-order valence-corrected chi connectivity index (χ4v) is 4.10. The van der Waals surface area contributed by atoms with Crippen LogP contribution in [-0.4, -0.2) is 33.7 Å². The molecule has 27 heavy (non-hydrogen) atoms. The predicted octanol–water partition coefficient (Wildman–Crippen LogP) is 4.35. The van der Waals surface area contributed by atoms with E-state index in [-0.39, 0.29) is 5.91 Å². The highest BCUT2D eigenvalue weighted by Gasteiger charge is 2.11. The summed E-state index contributed by atoms with van der Waals surface area (Å²) in [7, 11) is 1.63. The molecule has 6 nitrogen and oxygen atoms in total. The van der Waals surface area contributed by atoms with Crippen LogP contribution in [0.3, 0.4) is 0 Å². The van der Waals surface area contributed by atoms with Crippen LogP contribution in [0.2, 0.25) is 0 Å². The molecule has 0 atom stereocenters. The minimum Gasteiger partial charge on any atom is -0.496 e. The number of carbonyl (C=O) groups is 1. The number of hydrogen-bond donors (Lipinski definition) is 1. The van der Waals surface area contributed by atoms with Gasteiger partial charge in [0.2, 0.25) is 5.91 Å². The van der Waals surface area contributed by atoms with E-state index < -0.39 is 0 Å². The number of nitrogens with zero attached hydrogens (tertiary/aromatic N) is 3. The number of amides is 1. The molecule has 3 rings (SSSR count). The Labute approximate surface area is 166 Å². The third-order valence-electron chi connectivity index (χ3n) is 3.66. The first-order chi connectivity index (χ1) is 13.0. The van der Waals surface area contributed by atoms with E-state index in [9.17, 15) is 4.79 Å². The molecule has 0 aliphatic rings. The molecule has 1 aromatic carbocycles. The third-order valence-corrected chi connectivity index (χ3v) is 5.26. The number of thiazole rings is 1. The number of anilines is 1. The van der Waals surface area contributed by atoms with Crippen LogP contribution in [0.4, 0.5) is 5.13 Å². The second-order valence-corrected chi connectivity index (χ2v) is 7.74. The predicted molar refractivity (Wildman–Crippen MR) is 110 cm³/mol. The smallest absolute Gasteiger partial charge is 0.226 e. The summed E-state index contributed by atoms with van der Waals surface area (Å²) in [6, 6.07) is 9.61. The van der Waals surface area contributed by atoms with Gasteiger partial charge in [-0.05, 0) is 32.0 Å². The van der Waals surface area contributed by atoms with E-state index in [0.717, 1.165) is 28.4 Å². The number of ether oxygens (including phenoxy) is 1. The Hall–Kier alpha value is -2.45. The lowest BCUT2D eigenvalue weighted by atomic mass is 10.1. The Morgan fingerprint density at radius 2 is 1.93 bits per heavy atom. The monoisotopic (exact) mass is 400 g/mol. The molecule has 0 saturated heterocycles. The number of aromatic nitrogens is 3. The Balaban J connectivity index is 1.55. The number of carbonyl (C=O) groups excluding carboxylic acids is 1. The van der Waals surface area contributed by atoms with Crippen molar-refractivity contribution in [3.8, 4) is 17.0 Å². The van der Waals surface area contributed by atoms with E-state index in [1.54, 1.807) is 7.11 Å². The molecule has 0 aliphatic heterocycles. The molecule has 140 valence electrons. The summed E-state index contributed by atoms with van der Waals surface area (Å²) in [4.78, 5) is 25.4. The average Bonchev–Trinajstić information content (AvgIpc) is 3.09. The molecule has 0 aliphatic carbocycles. The van der Waals surface area contributed by atoms with Gasteiger partial charge in [0.1, 0.15) is 5.75 Å². The van der Waals surface area contributed by atoms with Crippen LogP contribution in [0, 0.1) is 13.8 Å². The first kappa shape index (κ1) is 19.3. The number of hydrogen-bond acceptors (Lipinski definition) is 7. The summed E-state index contributed by atoms with van der Waals surface area (Å²) in [5.41, 5.74) is 3.55. The van der Waals surface area contributed by atoms with Gasteiger partial charge in [-0.2, -0.15) is 0 Å². The largest absolute Gasteiger partial charge is 0.496 e. The summed E-state index contributed by atoms with van der Waals surface area (Å²) in [5, 5.41) is 6.04. The summed E-state index contributed by atoms with van der Waals surface area (Å²) < 4.78 is 5.36. The van der Waals surface area contributed by atoms with Crippen LogP contribution in [0.15, 0.2) is 40.9 Å². The Kier molecular flexibility index (Phi) is 6.41. The van der Waals surface area contributed by atoms with Gasteiger partial charge >= 0.3 is 0 Å². The number of rotatable bonds is 7. The number of aryl methyl sites for hydroxylation is 2. The lowest BCUT2D eigenvalue weighted by Gasteiger charge is -2.05. The number of methoxy groups -OCH3 is 1. The van der Waals surface area contributed by atoms with Gasteiger partial charge in [0.15, 0.2) is 10.3 Å². The number of thioether (sulfide) groups is 1. The maximum Gasteiger partial charge on any atom is 0.226 e. The van der Waals surface area contributed by atoms with E-state index in [0.29, 0.717) is 22.5 Å². The zero-order chi connectivity index (χ0) is 19.2. The minimum absolute atomic E-state index is 0.0761. The van der Waals surface area contributed by atoms with Gasteiger partial charge in [-0.25, -0.2) is 15.0 Å². The van der Waals surface area contributed by atoms with Gasteiger partial charge in [-0.3, -0.25) is 4.79 Å². The maximum atomic E-state index is 12.2. The normalized spacial score (nSPS) is 10.6. The van der Waals surface area contributed by atoms with Crippen LogP contribution in [0.5, 0.6) is 5.75 Å². The SMILES string of the molecule is COc1ccccc1-c1csc(NC(=O)CCSc2nc(C)cc(C)n2)n1. The molecule has 0 radical (unpaired) electrons. The van der Waals surface area contributed by atoms with Crippen LogP contribution in [0.1, 0.15) is 17.8 Å². The molecular weight excluding hydrogens is 380 g/mol. The highest BCUT2D eigenvalue weighted by molar-refractivity contribution is 7.99. The van der Waals surface area contributed by atoms with Crippen molar-refractivity contribution >= 4 is 34.1 Å². The molecule has 0 bridgehead atoms.